The van der Waals surface area contributed by atoms with Gasteiger partial charge in [-0.05, 0) is 43.9 Å². The number of ether oxygens (including phenoxy) is 1. The number of rotatable bonds is 7. The van der Waals surface area contributed by atoms with Crippen LogP contribution in [0.4, 0.5) is 0 Å². The van der Waals surface area contributed by atoms with Gasteiger partial charge in [0.2, 0.25) is 5.91 Å². The van der Waals surface area contributed by atoms with E-state index >= 15 is 0 Å². The molecule has 2 rings (SSSR count). The van der Waals surface area contributed by atoms with Crippen molar-refractivity contribution in [3.63, 3.8) is 0 Å². The van der Waals surface area contributed by atoms with Crippen molar-refractivity contribution in [3.8, 4) is 0 Å². The predicted octanol–water partition coefficient (Wildman–Crippen LogP) is 2.15. The Hall–Kier alpha value is -1.30. The Morgan fingerprint density at radius 1 is 1.20 bits per heavy atom. The summed E-state index contributed by atoms with van der Waals surface area (Å²) >= 11 is 0. The van der Waals surface area contributed by atoms with Crippen LogP contribution in [0.15, 0.2) is 4.99 Å². The lowest BCUT2D eigenvalue weighted by Crippen LogP contribution is -2.46. The van der Waals surface area contributed by atoms with Crippen LogP contribution in [-0.4, -0.2) is 63.2 Å². The number of hydrogen-bond donors (Lipinski definition) is 2. The summed E-state index contributed by atoms with van der Waals surface area (Å²) in [5, 5.41) is 6.89. The molecule has 0 spiro atoms. The smallest absolute Gasteiger partial charge is 0.243 e. The van der Waals surface area contributed by atoms with E-state index in [-0.39, 0.29) is 18.6 Å². The SMILES string of the molecule is CCC1(CNC(=NCC(=O)N(C)C)NCC2CCCCO2)CCCC1. The fourth-order valence-electron chi connectivity index (χ4n) is 3.69. The molecule has 6 heteroatoms. The molecular weight excluding hydrogens is 316 g/mol. The second kappa shape index (κ2) is 10.00. The van der Waals surface area contributed by atoms with E-state index < -0.39 is 0 Å². The first kappa shape index (κ1) is 20.0. The first-order valence-corrected chi connectivity index (χ1v) is 9.88. The van der Waals surface area contributed by atoms with Crippen LogP contribution >= 0.6 is 0 Å². The molecule has 0 aromatic carbocycles. The first-order chi connectivity index (χ1) is 12.0. The van der Waals surface area contributed by atoms with E-state index in [1.807, 2.05) is 0 Å². The van der Waals surface area contributed by atoms with Gasteiger partial charge in [-0.3, -0.25) is 4.79 Å². The molecule has 25 heavy (non-hydrogen) atoms. The number of aliphatic imine (C=N–C) groups is 1. The van der Waals surface area contributed by atoms with Gasteiger partial charge in [0.05, 0.1) is 6.10 Å². The fourth-order valence-corrected chi connectivity index (χ4v) is 3.69. The molecule has 1 atom stereocenters. The third kappa shape index (κ3) is 6.49. The predicted molar refractivity (Wildman–Crippen MR) is 102 cm³/mol. The zero-order chi connectivity index (χ0) is 18.1. The first-order valence-electron chi connectivity index (χ1n) is 9.88. The van der Waals surface area contributed by atoms with E-state index in [1.165, 1.54) is 38.5 Å². The lowest BCUT2D eigenvalue weighted by atomic mass is 9.83. The van der Waals surface area contributed by atoms with Crippen molar-refractivity contribution >= 4 is 11.9 Å². The number of guanidine groups is 1. The van der Waals surface area contributed by atoms with Crippen LogP contribution in [0.5, 0.6) is 0 Å². The van der Waals surface area contributed by atoms with Gasteiger partial charge in [0, 0.05) is 33.8 Å². The molecule has 0 bridgehead atoms. The van der Waals surface area contributed by atoms with Crippen molar-refractivity contribution in [2.45, 2.75) is 64.4 Å². The van der Waals surface area contributed by atoms with Gasteiger partial charge in [0.15, 0.2) is 5.96 Å². The third-order valence-electron chi connectivity index (χ3n) is 5.69. The molecule has 0 radical (unpaired) electrons. The largest absolute Gasteiger partial charge is 0.376 e. The molecule has 0 aromatic heterocycles. The molecule has 1 aliphatic carbocycles. The van der Waals surface area contributed by atoms with E-state index in [1.54, 1.807) is 19.0 Å². The number of nitrogens with one attached hydrogen (secondary N) is 2. The van der Waals surface area contributed by atoms with Gasteiger partial charge in [-0.25, -0.2) is 4.99 Å². The summed E-state index contributed by atoms with van der Waals surface area (Å²) in [6, 6.07) is 0. The number of hydrogen-bond acceptors (Lipinski definition) is 3. The minimum Gasteiger partial charge on any atom is -0.376 e. The van der Waals surface area contributed by atoms with Gasteiger partial charge in [-0.15, -0.1) is 0 Å². The van der Waals surface area contributed by atoms with Gasteiger partial charge in [0.1, 0.15) is 6.54 Å². The molecule has 0 aromatic rings. The fraction of sp³-hybridized carbons (Fsp3) is 0.895. The van der Waals surface area contributed by atoms with Crippen LogP contribution in [0.3, 0.4) is 0 Å². The van der Waals surface area contributed by atoms with Gasteiger partial charge >= 0.3 is 0 Å². The second-order valence-electron chi connectivity index (χ2n) is 7.74. The number of amides is 1. The molecule has 1 aliphatic heterocycles. The molecule has 1 unspecified atom stereocenters. The zero-order valence-corrected chi connectivity index (χ0v) is 16.3. The second-order valence-corrected chi connectivity index (χ2v) is 7.74. The van der Waals surface area contributed by atoms with E-state index in [0.29, 0.717) is 5.41 Å². The highest BCUT2D eigenvalue weighted by Crippen LogP contribution is 2.40. The van der Waals surface area contributed by atoms with Crippen LogP contribution in [0.25, 0.3) is 0 Å². The molecule has 1 saturated carbocycles. The van der Waals surface area contributed by atoms with Crippen molar-refractivity contribution in [1.82, 2.24) is 15.5 Å². The van der Waals surface area contributed by atoms with Crippen molar-refractivity contribution in [2.75, 3.05) is 40.3 Å². The number of carbonyl (C=O) groups excluding carboxylic acids is 1. The Morgan fingerprint density at radius 2 is 1.96 bits per heavy atom. The molecule has 2 aliphatic rings. The Labute approximate surface area is 152 Å². The minimum absolute atomic E-state index is 0.0149. The summed E-state index contributed by atoms with van der Waals surface area (Å²) in [6.45, 7) is 4.98. The number of likely N-dealkylation sites (N-methyl/N-ethyl adjacent to an activating group) is 1. The van der Waals surface area contributed by atoms with Gasteiger partial charge in [-0.2, -0.15) is 0 Å². The Bertz CT molecular complexity index is 439. The monoisotopic (exact) mass is 352 g/mol. The Balaban J connectivity index is 1.90. The van der Waals surface area contributed by atoms with Crippen LogP contribution in [0.2, 0.25) is 0 Å². The maximum atomic E-state index is 11.9. The summed E-state index contributed by atoms with van der Waals surface area (Å²) in [6.07, 6.45) is 10.1. The van der Waals surface area contributed by atoms with Crippen molar-refractivity contribution in [3.05, 3.63) is 0 Å². The van der Waals surface area contributed by atoms with Crippen LogP contribution in [0, 0.1) is 5.41 Å². The van der Waals surface area contributed by atoms with E-state index in [4.69, 9.17) is 4.74 Å². The molecule has 1 heterocycles. The summed E-state index contributed by atoms with van der Waals surface area (Å²) in [4.78, 5) is 18.0. The highest BCUT2D eigenvalue weighted by molar-refractivity contribution is 5.84. The maximum absolute atomic E-state index is 11.9. The molecular formula is C19H36N4O2. The quantitative estimate of drug-likeness (QED) is 0.544. The average molecular weight is 353 g/mol. The molecule has 6 nitrogen and oxygen atoms in total. The van der Waals surface area contributed by atoms with E-state index in [0.717, 1.165) is 38.5 Å². The summed E-state index contributed by atoms with van der Waals surface area (Å²) in [7, 11) is 3.53. The molecule has 144 valence electrons. The summed E-state index contributed by atoms with van der Waals surface area (Å²) in [5.41, 5.74) is 0.384. The van der Waals surface area contributed by atoms with Gasteiger partial charge < -0.3 is 20.3 Å². The normalized spacial score (nSPS) is 23.3. The van der Waals surface area contributed by atoms with Crippen LogP contribution in [0.1, 0.15) is 58.3 Å². The van der Waals surface area contributed by atoms with Crippen molar-refractivity contribution in [1.29, 1.82) is 0 Å². The lowest BCUT2D eigenvalue weighted by molar-refractivity contribution is -0.127. The van der Waals surface area contributed by atoms with Gasteiger partial charge in [-0.1, -0.05) is 19.8 Å². The van der Waals surface area contributed by atoms with Crippen LogP contribution in [-0.2, 0) is 9.53 Å². The number of carbonyl (C=O) groups is 1. The summed E-state index contributed by atoms with van der Waals surface area (Å²) < 4.78 is 5.79. The Morgan fingerprint density at radius 3 is 2.56 bits per heavy atom. The molecule has 1 saturated heterocycles. The van der Waals surface area contributed by atoms with Crippen molar-refractivity contribution in [2.24, 2.45) is 10.4 Å². The van der Waals surface area contributed by atoms with Gasteiger partial charge in [0.25, 0.3) is 0 Å². The standard InChI is InChI=1S/C19H36N4O2/c1-4-19(10-6-7-11-19)15-22-18(21-14-17(24)23(2)3)20-13-16-9-5-8-12-25-16/h16H,4-15H2,1-3H3,(H2,20,21,22). The number of nitrogens with zero attached hydrogens (tertiary/aromatic N) is 2. The third-order valence-corrected chi connectivity index (χ3v) is 5.69. The lowest BCUT2D eigenvalue weighted by Gasteiger charge is -2.29. The average Bonchev–Trinajstić information content (AvgIpc) is 3.11. The van der Waals surface area contributed by atoms with Crippen molar-refractivity contribution < 1.29 is 9.53 Å². The topological polar surface area (TPSA) is 66.0 Å². The Kier molecular flexibility index (Phi) is 8.00. The zero-order valence-electron chi connectivity index (χ0n) is 16.3. The summed E-state index contributed by atoms with van der Waals surface area (Å²) in [5.74, 6) is 0.755. The maximum Gasteiger partial charge on any atom is 0.243 e. The highest BCUT2D eigenvalue weighted by atomic mass is 16.5. The van der Waals surface area contributed by atoms with Crippen LogP contribution < -0.4 is 10.6 Å². The highest BCUT2D eigenvalue weighted by Gasteiger charge is 2.32. The molecule has 2 N–H and O–H groups in total. The van der Waals surface area contributed by atoms with E-state index in [9.17, 15) is 4.79 Å². The van der Waals surface area contributed by atoms with E-state index in [2.05, 4.69) is 22.5 Å². The molecule has 2 fully saturated rings. The minimum atomic E-state index is 0.0149. The molecule has 1 amide bonds.